The first-order chi connectivity index (χ1) is 10.6. The second kappa shape index (κ2) is 5.19. The number of fused-ring (bicyclic) bond motifs is 1. The van der Waals surface area contributed by atoms with E-state index in [1.807, 2.05) is 16.7 Å². The van der Waals surface area contributed by atoms with Crippen LogP contribution in [0.4, 0.5) is 0 Å². The summed E-state index contributed by atoms with van der Waals surface area (Å²) >= 11 is 1.82. The summed E-state index contributed by atoms with van der Waals surface area (Å²) in [6.07, 6.45) is 1.17. The summed E-state index contributed by atoms with van der Waals surface area (Å²) in [4.78, 5) is 41.7. The van der Waals surface area contributed by atoms with Crippen molar-refractivity contribution in [3.8, 4) is 0 Å². The third-order valence-corrected chi connectivity index (χ3v) is 6.10. The Morgan fingerprint density at radius 3 is 2.27 bits per heavy atom. The SMILES string of the molecule is O=C(c1coc(=O)[nH]1)N1C[C@@H]2CN(C(=O)C3CSC3)C[C@@H]2C1. The lowest BCUT2D eigenvalue weighted by molar-refractivity contribution is -0.133. The number of nitrogens with one attached hydrogen (secondary N) is 1. The van der Waals surface area contributed by atoms with Gasteiger partial charge in [0.25, 0.3) is 5.91 Å². The summed E-state index contributed by atoms with van der Waals surface area (Å²) in [6, 6.07) is 0. The van der Waals surface area contributed by atoms with Gasteiger partial charge in [0.1, 0.15) is 12.0 Å². The molecule has 3 saturated heterocycles. The normalized spacial score (nSPS) is 27.8. The molecular weight excluding hydrogens is 306 g/mol. The van der Waals surface area contributed by atoms with E-state index in [4.69, 9.17) is 0 Å². The van der Waals surface area contributed by atoms with E-state index in [9.17, 15) is 14.4 Å². The maximum absolute atomic E-state index is 12.3. The zero-order chi connectivity index (χ0) is 15.3. The van der Waals surface area contributed by atoms with E-state index in [2.05, 4.69) is 9.40 Å². The average Bonchev–Trinajstić information content (AvgIpc) is 3.08. The first-order valence-corrected chi connectivity index (χ1v) is 8.61. The average molecular weight is 323 g/mol. The molecule has 7 nitrogen and oxygen atoms in total. The first kappa shape index (κ1) is 13.9. The van der Waals surface area contributed by atoms with Gasteiger partial charge in [-0.1, -0.05) is 0 Å². The molecule has 118 valence electrons. The molecule has 2 amide bonds. The fraction of sp³-hybridized carbons (Fsp3) is 0.643. The number of carbonyl (C=O) groups excluding carboxylic acids is 2. The predicted molar refractivity (Wildman–Crippen MR) is 79.6 cm³/mol. The lowest BCUT2D eigenvalue weighted by Gasteiger charge is -2.29. The number of hydrogen-bond acceptors (Lipinski definition) is 5. The second-order valence-electron chi connectivity index (χ2n) is 6.27. The zero-order valence-electron chi connectivity index (χ0n) is 12.0. The molecule has 3 fully saturated rings. The van der Waals surface area contributed by atoms with Crippen LogP contribution in [0.25, 0.3) is 0 Å². The number of thioether (sulfide) groups is 1. The minimum Gasteiger partial charge on any atom is -0.416 e. The number of likely N-dealkylation sites (tertiary alicyclic amines) is 2. The summed E-state index contributed by atoms with van der Waals surface area (Å²) in [5.41, 5.74) is 0.199. The number of aromatic nitrogens is 1. The fourth-order valence-corrected chi connectivity index (χ4v) is 4.29. The highest BCUT2D eigenvalue weighted by atomic mass is 32.2. The molecule has 4 heterocycles. The molecule has 0 aliphatic carbocycles. The number of aromatic amines is 1. The molecular formula is C14H17N3O4S. The summed E-state index contributed by atoms with van der Waals surface area (Å²) in [5.74, 6) is 2.26. The molecule has 1 aromatic rings. The van der Waals surface area contributed by atoms with Gasteiger partial charge in [0.2, 0.25) is 5.91 Å². The van der Waals surface area contributed by atoms with Gasteiger partial charge in [-0.2, -0.15) is 11.8 Å². The summed E-state index contributed by atoms with van der Waals surface area (Å²) in [7, 11) is 0. The zero-order valence-corrected chi connectivity index (χ0v) is 12.8. The standard InChI is InChI=1S/C14H17N3O4S/c18-12(10-6-22-7-10)16-1-8-3-17(4-9(8)2-16)13(19)11-5-21-14(20)15-11/h5,8-10H,1-4,6-7H2,(H,15,20)/t8-,9+. The highest BCUT2D eigenvalue weighted by Gasteiger charge is 2.45. The fourth-order valence-electron chi connectivity index (χ4n) is 3.53. The van der Waals surface area contributed by atoms with E-state index in [0.717, 1.165) is 24.6 Å². The Labute approximate surface area is 131 Å². The number of oxazole rings is 1. The Bertz CT molecular complexity index is 651. The van der Waals surface area contributed by atoms with E-state index in [1.54, 1.807) is 4.90 Å². The summed E-state index contributed by atoms with van der Waals surface area (Å²) in [6.45, 7) is 2.77. The maximum Gasteiger partial charge on any atom is 0.416 e. The van der Waals surface area contributed by atoms with E-state index < -0.39 is 5.76 Å². The molecule has 0 radical (unpaired) electrons. The molecule has 3 aliphatic heterocycles. The van der Waals surface area contributed by atoms with Gasteiger partial charge in [-0.15, -0.1) is 0 Å². The Kier molecular flexibility index (Phi) is 3.28. The van der Waals surface area contributed by atoms with Gasteiger partial charge in [-0.05, 0) is 0 Å². The van der Waals surface area contributed by atoms with Crippen LogP contribution in [0.15, 0.2) is 15.5 Å². The van der Waals surface area contributed by atoms with Gasteiger partial charge in [-0.3, -0.25) is 14.6 Å². The quantitative estimate of drug-likeness (QED) is 0.819. The van der Waals surface area contributed by atoms with Crippen LogP contribution in [-0.2, 0) is 4.79 Å². The third-order valence-electron chi connectivity index (χ3n) is 4.82. The van der Waals surface area contributed by atoms with Gasteiger partial charge < -0.3 is 14.2 Å². The molecule has 2 atom stereocenters. The Balaban J connectivity index is 1.38. The maximum atomic E-state index is 12.3. The number of H-pyrrole nitrogens is 1. The monoisotopic (exact) mass is 323 g/mol. The van der Waals surface area contributed by atoms with Crippen LogP contribution < -0.4 is 5.76 Å². The van der Waals surface area contributed by atoms with Crippen LogP contribution in [0.1, 0.15) is 10.5 Å². The second-order valence-corrected chi connectivity index (χ2v) is 7.34. The van der Waals surface area contributed by atoms with Crippen molar-refractivity contribution in [3.05, 3.63) is 22.5 Å². The minimum atomic E-state index is -0.613. The van der Waals surface area contributed by atoms with Crippen molar-refractivity contribution >= 4 is 23.6 Å². The molecule has 0 saturated carbocycles. The highest BCUT2D eigenvalue weighted by Crippen LogP contribution is 2.34. The molecule has 8 heteroatoms. The van der Waals surface area contributed by atoms with Crippen molar-refractivity contribution in [1.82, 2.24) is 14.8 Å². The molecule has 22 heavy (non-hydrogen) atoms. The van der Waals surface area contributed by atoms with E-state index >= 15 is 0 Å². The van der Waals surface area contributed by atoms with Gasteiger partial charge in [-0.25, -0.2) is 4.79 Å². The lowest BCUT2D eigenvalue weighted by atomic mass is 10.0. The number of hydrogen-bond donors (Lipinski definition) is 1. The molecule has 1 N–H and O–H groups in total. The van der Waals surface area contributed by atoms with Gasteiger partial charge >= 0.3 is 5.76 Å². The Morgan fingerprint density at radius 1 is 1.14 bits per heavy atom. The number of rotatable bonds is 2. The van der Waals surface area contributed by atoms with Crippen LogP contribution in [0.5, 0.6) is 0 Å². The summed E-state index contributed by atoms with van der Waals surface area (Å²) < 4.78 is 4.62. The van der Waals surface area contributed by atoms with Crippen molar-refractivity contribution in [3.63, 3.8) is 0 Å². The van der Waals surface area contributed by atoms with Crippen LogP contribution in [-0.4, -0.2) is 64.3 Å². The Hall–Kier alpha value is -1.70. The molecule has 0 aromatic carbocycles. The minimum absolute atomic E-state index is 0.199. The van der Waals surface area contributed by atoms with Gasteiger partial charge in [0.15, 0.2) is 0 Å². The van der Waals surface area contributed by atoms with Crippen LogP contribution in [0, 0.1) is 17.8 Å². The van der Waals surface area contributed by atoms with E-state index in [-0.39, 0.29) is 23.4 Å². The largest absolute Gasteiger partial charge is 0.416 e. The van der Waals surface area contributed by atoms with E-state index in [0.29, 0.717) is 24.9 Å². The first-order valence-electron chi connectivity index (χ1n) is 7.45. The highest BCUT2D eigenvalue weighted by molar-refractivity contribution is 8.00. The number of nitrogens with zero attached hydrogens (tertiary/aromatic N) is 2. The molecule has 0 spiro atoms. The topological polar surface area (TPSA) is 86.6 Å². The van der Waals surface area contributed by atoms with Gasteiger partial charge in [0.05, 0.1) is 5.92 Å². The lowest BCUT2D eigenvalue weighted by Crippen LogP contribution is -2.42. The van der Waals surface area contributed by atoms with Crippen molar-refractivity contribution in [1.29, 1.82) is 0 Å². The smallest absolute Gasteiger partial charge is 0.416 e. The molecule has 4 rings (SSSR count). The Morgan fingerprint density at radius 2 is 1.77 bits per heavy atom. The molecule has 0 unspecified atom stereocenters. The van der Waals surface area contributed by atoms with Crippen molar-refractivity contribution in [2.45, 2.75) is 0 Å². The predicted octanol–water partition coefficient (Wildman–Crippen LogP) is -0.139. The number of amides is 2. The van der Waals surface area contributed by atoms with Crippen molar-refractivity contribution < 1.29 is 14.0 Å². The summed E-state index contributed by atoms with van der Waals surface area (Å²) in [5, 5.41) is 0. The molecule has 1 aromatic heterocycles. The van der Waals surface area contributed by atoms with Gasteiger partial charge in [0, 0.05) is 49.5 Å². The third kappa shape index (κ3) is 2.25. The van der Waals surface area contributed by atoms with Crippen molar-refractivity contribution in [2.24, 2.45) is 17.8 Å². The molecule has 0 bridgehead atoms. The van der Waals surface area contributed by atoms with Crippen LogP contribution in [0.3, 0.4) is 0 Å². The van der Waals surface area contributed by atoms with Crippen LogP contribution in [0.2, 0.25) is 0 Å². The van der Waals surface area contributed by atoms with Crippen LogP contribution >= 0.6 is 11.8 Å². The van der Waals surface area contributed by atoms with Crippen molar-refractivity contribution in [2.75, 3.05) is 37.7 Å². The number of carbonyl (C=O) groups is 2. The van der Waals surface area contributed by atoms with E-state index in [1.165, 1.54) is 6.26 Å². The molecule has 3 aliphatic rings.